The van der Waals surface area contributed by atoms with Gasteiger partial charge in [-0.05, 0) is 49.8 Å². The van der Waals surface area contributed by atoms with Gasteiger partial charge in [-0.3, -0.25) is 9.59 Å². The number of halogens is 1. The molecule has 130 valence electrons. The third-order valence-corrected chi connectivity index (χ3v) is 5.43. The Hall–Kier alpha value is -2.11. The zero-order chi connectivity index (χ0) is 18.0. The van der Waals surface area contributed by atoms with Gasteiger partial charge in [0, 0.05) is 16.9 Å². The molecule has 1 N–H and O–H groups in total. The van der Waals surface area contributed by atoms with Gasteiger partial charge in [0.25, 0.3) is 0 Å². The summed E-state index contributed by atoms with van der Waals surface area (Å²) in [6.45, 7) is 3.79. The lowest BCUT2D eigenvalue weighted by Crippen LogP contribution is -2.33. The summed E-state index contributed by atoms with van der Waals surface area (Å²) in [5.74, 6) is 0.604. The predicted octanol–water partition coefficient (Wildman–Crippen LogP) is 4.27. The maximum Gasteiger partial charge on any atom is 0.243 e. The van der Waals surface area contributed by atoms with Crippen molar-refractivity contribution in [3.8, 4) is 16.2 Å². The molecule has 1 aromatic heterocycles. The molecule has 0 saturated heterocycles. The van der Waals surface area contributed by atoms with Crippen LogP contribution in [0.2, 0.25) is 5.02 Å². The second-order valence-corrected chi connectivity index (χ2v) is 7.35. The number of ketones is 1. The van der Waals surface area contributed by atoms with Crippen molar-refractivity contribution < 1.29 is 14.3 Å². The summed E-state index contributed by atoms with van der Waals surface area (Å²) in [5, 5.41) is 3.36. The first kappa shape index (κ1) is 17.7. The van der Waals surface area contributed by atoms with E-state index < -0.39 is 0 Å². The number of benzene rings is 1. The van der Waals surface area contributed by atoms with Crippen LogP contribution in [-0.4, -0.2) is 24.3 Å². The van der Waals surface area contributed by atoms with Crippen molar-refractivity contribution in [3.63, 3.8) is 0 Å². The number of hydrogen-bond acceptors (Lipinski definition) is 4. The molecule has 1 unspecified atom stereocenters. The average molecular weight is 376 g/mol. The number of hydrogen-bond donors (Lipinski definition) is 1. The number of carbonyl (C=O) groups excluding carboxylic acids is 2. The number of amides is 1. The number of Topliss-reactive ketones (excluding diaryl/α,β-unsaturated/α-hetero) is 1. The molecule has 0 saturated carbocycles. The van der Waals surface area contributed by atoms with Gasteiger partial charge in [0.05, 0.1) is 16.4 Å². The molecule has 4 nitrogen and oxygen atoms in total. The number of thiophene rings is 1. The highest BCUT2D eigenvalue weighted by molar-refractivity contribution is 7.17. The van der Waals surface area contributed by atoms with Crippen LogP contribution >= 0.6 is 22.9 Å². The molecule has 6 heteroatoms. The zero-order valence-electron chi connectivity index (χ0n) is 14.0. The largest absolute Gasteiger partial charge is 0.486 e. The van der Waals surface area contributed by atoms with Gasteiger partial charge in [-0.2, -0.15) is 0 Å². The minimum atomic E-state index is -0.135. The van der Waals surface area contributed by atoms with Gasteiger partial charge < -0.3 is 10.1 Å². The SMILES string of the molecule is C/C=C/C(=O)NCC1Cc2cc(-c3ccc(C(C)=O)s3)cc(Cl)c2O1. The van der Waals surface area contributed by atoms with Gasteiger partial charge in [-0.1, -0.05) is 17.7 Å². The number of ether oxygens (including phenoxy) is 1. The molecule has 1 atom stereocenters. The van der Waals surface area contributed by atoms with E-state index in [0.29, 0.717) is 23.7 Å². The van der Waals surface area contributed by atoms with E-state index in [4.69, 9.17) is 16.3 Å². The van der Waals surface area contributed by atoms with Crippen molar-refractivity contribution in [2.75, 3.05) is 6.54 Å². The minimum absolute atomic E-state index is 0.0591. The fourth-order valence-corrected chi connectivity index (χ4v) is 3.92. The van der Waals surface area contributed by atoms with E-state index in [-0.39, 0.29) is 17.8 Å². The lowest BCUT2D eigenvalue weighted by atomic mass is 10.1. The predicted molar refractivity (Wildman–Crippen MR) is 101 cm³/mol. The molecule has 3 rings (SSSR count). The first-order chi connectivity index (χ1) is 12.0. The molecule has 0 radical (unpaired) electrons. The summed E-state index contributed by atoms with van der Waals surface area (Å²) in [6, 6.07) is 7.67. The van der Waals surface area contributed by atoms with E-state index in [9.17, 15) is 9.59 Å². The van der Waals surface area contributed by atoms with Crippen molar-refractivity contribution in [1.29, 1.82) is 0 Å². The van der Waals surface area contributed by atoms with E-state index in [0.717, 1.165) is 20.9 Å². The Balaban J connectivity index is 1.76. The standard InChI is InChI=1S/C19H18ClNO3S/c1-3-4-18(23)21-10-14-8-13-7-12(9-15(20)19(13)24-14)17-6-5-16(25-17)11(2)22/h3-7,9,14H,8,10H2,1-2H3,(H,21,23)/b4-3+. The third-order valence-electron chi connectivity index (χ3n) is 3.91. The lowest BCUT2D eigenvalue weighted by molar-refractivity contribution is -0.116. The Morgan fingerprint density at radius 2 is 2.20 bits per heavy atom. The Labute approximate surface area is 155 Å². The summed E-state index contributed by atoms with van der Waals surface area (Å²) in [4.78, 5) is 24.7. The molecule has 25 heavy (non-hydrogen) atoms. The zero-order valence-corrected chi connectivity index (χ0v) is 15.5. The van der Waals surface area contributed by atoms with Crippen molar-refractivity contribution >= 4 is 34.6 Å². The van der Waals surface area contributed by atoms with Crippen LogP contribution in [0.25, 0.3) is 10.4 Å². The molecule has 2 heterocycles. The third kappa shape index (κ3) is 3.94. The second-order valence-electron chi connectivity index (χ2n) is 5.86. The van der Waals surface area contributed by atoms with E-state index in [1.165, 1.54) is 17.4 Å². The molecule has 1 aromatic carbocycles. The van der Waals surface area contributed by atoms with Crippen LogP contribution in [0, 0.1) is 0 Å². The fraction of sp³-hybridized carbons (Fsp3) is 0.263. The van der Waals surface area contributed by atoms with Crippen molar-refractivity contribution in [1.82, 2.24) is 5.32 Å². The van der Waals surface area contributed by atoms with E-state index in [1.807, 2.05) is 24.3 Å². The summed E-state index contributed by atoms with van der Waals surface area (Å²) in [5.41, 5.74) is 1.99. The molecule has 0 spiro atoms. The molecular weight excluding hydrogens is 358 g/mol. The van der Waals surface area contributed by atoms with Gasteiger partial charge in [-0.15, -0.1) is 11.3 Å². The van der Waals surface area contributed by atoms with Crippen LogP contribution in [0.5, 0.6) is 5.75 Å². The molecule has 2 aromatic rings. The van der Waals surface area contributed by atoms with Crippen LogP contribution in [0.4, 0.5) is 0 Å². The maximum atomic E-state index is 11.5. The first-order valence-corrected chi connectivity index (χ1v) is 9.18. The summed E-state index contributed by atoms with van der Waals surface area (Å²) in [7, 11) is 0. The molecule has 1 amide bonds. The second kappa shape index (κ2) is 7.42. The number of carbonyl (C=O) groups is 2. The van der Waals surface area contributed by atoms with Gasteiger partial charge in [-0.25, -0.2) is 0 Å². The molecule has 0 fully saturated rings. The number of fused-ring (bicyclic) bond motifs is 1. The molecule has 1 aliphatic heterocycles. The normalized spacial score (nSPS) is 15.9. The monoisotopic (exact) mass is 375 g/mol. The van der Waals surface area contributed by atoms with Crippen molar-refractivity contribution in [3.05, 3.63) is 51.9 Å². The average Bonchev–Trinajstić information content (AvgIpc) is 3.20. The number of rotatable bonds is 5. The van der Waals surface area contributed by atoms with E-state index >= 15 is 0 Å². The Morgan fingerprint density at radius 1 is 1.40 bits per heavy atom. The lowest BCUT2D eigenvalue weighted by Gasteiger charge is -2.11. The van der Waals surface area contributed by atoms with Gasteiger partial charge >= 0.3 is 0 Å². The quantitative estimate of drug-likeness (QED) is 0.627. The Morgan fingerprint density at radius 3 is 2.88 bits per heavy atom. The first-order valence-electron chi connectivity index (χ1n) is 7.98. The van der Waals surface area contributed by atoms with Crippen LogP contribution in [0.15, 0.2) is 36.4 Å². The van der Waals surface area contributed by atoms with Gasteiger partial charge in [0.2, 0.25) is 5.91 Å². The van der Waals surface area contributed by atoms with Crippen molar-refractivity contribution in [2.24, 2.45) is 0 Å². The van der Waals surface area contributed by atoms with Gasteiger partial charge in [0.1, 0.15) is 11.9 Å². The van der Waals surface area contributed by atoms with Crippen LogP contribution in [0.3, 0.4) is 0 Å². The van der Waals surface area contributed by atoms with Crippen LogP contribution < -0.4 is 10.1 Å². The van der Waals surface area contributed by atoms with Gasteiger partial charge in [0.15, 0.2) is 5.78 Å². The summed E-state index contributed by atoms with van der Waals surface area (Å²) >= 11 is 7.84. The van der Waals surface area contributed by atoms with Crippen LogP contribution in [-0.2, 0) is 11.2 Å². The molecular formula is C19H18ClNO3S. The highest BCUT2D eigenvalue weighted by atomic mass is 35.5. The number of nitrogens with one attached hydrogen (secondary N) is 1. The fourth-order valence-electron chi connectivity index (χ4n) is 2.75. The topological polar surface area (TPSA) is 55.4 Å². The Bertz CT molecular complexity index is 856. The van der Waals surface area contributed by atoms with Crippen molar-refractivity contribution in [2.45, 2.75) is 26.4 Å². The molecule has 0 bridgehead atoms. The summed E-state index contributed by atoms with van der Waals surface area (Å²) < 4.78 is 5.88. The smallest absolute Gasteiger partial charge is 0.243 e. The Kier molecular flexibility index (Phi) is 5.25. The molecule has 1 aliphatic rings. The van der Waals surface area contributed by atoms with E-state index in [1.54, 1.807) is 19.9 Å². The minimum Gasteiger partial charge on any atom is -0.486 e. The molecule has 0 aliphatic carbocycles. The van der Waals surface area contributed by atoms with Crippen LogP contribution in [0.1, 0.15) is 29.1 Å². The number of allylic oxidation sites excluding steroid dienone is 1. The highest BCUT2D eigenvalue weighted by Gasteiger charge is 2.26. The van der Waals surface area contributed by atoms with E-state index in [2.05, 4.69) is 5.32 Å². The summed E-state index contributed by atoms with van der Waals surface area (Å²) in [6.07, 6.45) is 3.73. The maximum absolute atomic E-state index is 11.5. The highest BCUT2D eigenvalue weighted by Crippen LogP contribution is 2.41.